The Morgan fingerprint density at radius 1 is 1.42 bits per heavy atom. The Labute approximate surface area is 107 Å². The van der Waals surface area contributed by atoms with Gasteiger partial charge in [-0.2, -0.15) is 10.5 Å². The zero-order chi connectivity index (χ0) is 14.2. The van der Waals surface area contributed by atoms with Gasteiger partial charge in [-0.1, -0.05) is 0 Å². The van der Waals surface area contributed by atoms with Crippen molar-refractivity contribution < 1.29 is 4.92 Å². The van der Waals surface area contributed by atoms with Gasteiger partial charge in [0.25, 0.3) is 0 Å². The van der Waals surface area contributed by atoms with E-state index in [0.29, 0.717) is 5.82 Å². The third-order valence-electron chi connectivity index (χ3n) is 2.65. The van der Waals surface area contributed by atoms with Crippen LogP contribution in [0.15, 0.2) is 6.33 Å². The Kier molecular flexibility index (Phi) is 2.73. The first-order valence-electron chi connectivity index (χ1n) is 5.06. The zero-order valence-electron chi connectivity index (χ0n) is 10.0. The highest BCUT2D eigenvalue weighted by Crippen LogP contribution is 2.24. The van der Waals surface area contributed by atoms with E-state index < -0.39 is 10.7 Å². The summed E-state index contributed by atoms with van der Waals surface area (Å²) in [6, 6.07) is 3.57. The maximum absolute atomic E-state index is 11.0. The molecule has 94 valence electrons. The van der Waals surface area contributed by atoms with E-state index in [-0.39, 0.29) is 17.2 Å². The van der Waals surface area contributed by atoms with E-state index in [1.165, 1.54) is 15.5 Å². The van der Waals surface area contributed by atoms with Crippen LogP contribution in [0.4, 0.5) is 5.82 Å². The van der Waals surface area contributed by atoms with Gasteiger partial charge in [-0.25, -0.2) is 4.98 Å². The maximum atomic E-state index is 11.0. The predicted octanol–water partition coefficient (Wildman–Crippen LogP) is 0.566. The molecule has 2 rings (SSSR count). The van der Waals surface area contributed by atoms with Crippen LogP contribution in [0, 0.1) is 39.7 Å². The molecular weight excluding hydrogens is 250 g/mol. The lowest BCUT2D eigenvalue weighted by atomic mass is 10.3. The Bertz CT molecular complexity index is 756. The fraction of sp³-hybridized carbons (Fsp3) is 0.200. The summed E-state index contributed by atoms with van der Waals surface area (Å²) in [5.74, 6) is 0.115. The van der Waals surface area contributed by atoms with E-state index in [9.17, 15) is 10.1 Å². The smallest absolute Gasteiger partial charge is 0.358 e. The molecule has 0 saturated heterocycles. The lowest BCUT2D eigenvalue weighted by Crippen LogP contribution is -2.06. The van der Waals surface area contributed by atoms with E-state index in [2.05, 4.69) is 9.97 Å². The minimum absolute atomic E-state index is 0.0615. The van der Waals surface area contributed by atoms with Gasteiger partial charge in [-0.05, 0) is 9.91 Å². The number of nitriles is 2. The van der Waals surface area contributed by atoms with E-state index in [1.807, 2.05) is 6.07 Å². The number of imidazole rings is 2. The van der Waals surface area contributed by atoms with Crippen molar-refractivity contribution in [3.05, 3.63) is 33.7 Å². The average Bonchev–Trinajstić information content (AvgIpc) is 2.91. The summed E-state index contributed by atoms with van der Waals surface area (Å²) in [6.45, 7) is 1.60. The van der Waals surface area contributed by atoms with Crippen molar-refractivity contribution in [1.82, 2.24) is 19.1 Å². The summed E-state index contributed by atoms with van der Waals surface area (Å²) in [5, 5.41) is 28.9. The SMILES string of the molecule is Cc1nc([N+](=O)[O-])c(-n2cnc(C#N)c2C#N)n1C. The number of aryl methyl sites for hydroxylation is 1. The second kappa shape index (κ2) is 4.23. The molecule has 0 fully saturated rings. The van der Waals surface area contributed by atoms with Gasteiger partial charge >= 0.3 is 5.82 Å². The predicted molar refractivity (Wildman–Crippen MR) is 61.2 cm³/mol. The lowest BCUT2D eigenvalue weighted by molar-refractivity contribution is -0.389. The molecule has 0 aliphatic heterocycles. The summed E-state index contributed by atoms with van der Waals surface area (Å²) in [4.78, 5) is 17.9. The molecule has 0 N–H and O–H groups in total. The third-order valence-corrected chi connectivity index (χ3v) is 2.65. The van der Waals surface area contributed by atoms with Crippen LogP contribution in [0.5, 0.6) is 0 Å². The van der Waals surface area contributed by atoms with Crippen LogP contribution >= 0.6 is 0 Å². The monoisotopic (exact) mass is 257 g/mol. The molecule has 9 heteroatoms. The quantitative estimate of drug-likeness (QED) is 0.571. The van der Waals surface area contributed by atoms with Crippen LogP contribution in [0.3, 0.4) is 0 Å². The van der Waals surface area contributed by atoms with Crippen LogP contribution < -0.4 is 0 Å². The molecule has 0 unspecified atom stereocenters. The van der Waals surface area contributed by atoms with Crippen LogP contribution in [-0.2, 0) is 7.05 Å². The van der Waals surface area contributed by atoms with Crippen molar-refractivity contribution in [2.24, 2.45) is 7.05 Å². The van der Waals surface area contributed by atoms with Gasteiger partial charge < -0.3 is 10.1 Å². The second-order valence-corrected chi connectivity index (χ2v) is 3.66. The first kappa shape index (κ1) is 12.3. The largest absolute Gasteiger partial charge is 0.407 e. The highest BCUT2D eigenvalue weighted by atomic mass is 16.6. The van der Waals surface area contributed by atoms with E-state index >= 15 is 0 Å². The van der Waals surface area contributed by atoms with E-state index in [4.69, 9.17) is 10.5 Å². The van der Waals surface area contributed by atoms with E-state index in [1.54, 1.807) is 20.0 Å². The fourth-order valence-corrected chi connectivity index (χ4v) is 1.67. The number of rotatable bonds is 2. The molecule has 0 bridgehead atoms. The first-order valence-corrected chi connectivity index (χ1v) is 5.06. The zero-order valence-corrected chi connectivity index (χ0v) is 10.0. The van der Waals surface area contributed by atoms with E-state index in [0.717, 1.165) is 0 Å². The van der Waals surface area contributed by atoms with Gasteiger partial charge in [0.05, 0.1) is 0 Å². The average molecular weight is 257 g/mol. The molecule has 0 spiro atoms. The normalized spacial score (nSPS) is 9.89. The Hall–Kier alpha value is -3.20. The highest BCUT2D eigenvalue weighted by molar-refractivity contribution is 5.49. The molecule has 2 heterocycles. The summed E-state index contributed by atoms with van der Waals surface area (Å²) in [6.07, 6.45) is 1.19. The van der Waals surface area contributed by atoms with Crippen molar-refractivity contribution in [3.8, 4) is 18.0 Å². The van der Waals surface area contributed by atoms with Crippen LogP contribution in [0.25, 0.3) is 5.82 Å². The van der Waals surface area contributed by atoms with Crippen molar-refractivity contribution >= 4 is 5.82 Å². The van der Waals surface area contributed by atoms with Crippen LogP contribution in [-0.4, -0.2) is 24.0 Å². The van der Waals surface area contributed by atoms with Gasteiger partial charge in [0.15, 0.2) is 11.4 Å². The number of aromatic nitrogens is 4. The summed E-state index contributed by atoms with van der Waals surface area (Å²) >= 11 is 0. The van der Waals surface area contributed by atoms with Crippen LogP contribution in [0.1, 0.15) is 17.2 Å². The van der Waals surface area contributed by atoms with Crippen molar-refractivity contribution in [2.75, 3.05) is 0 Å². The Morgan fingerprint density at radius 3 is 2.63 bits per heavy atom. The first-order chi connectivity index (χ1) is 9.01. The minimum atomic E-state index is -0.643. The number of nitrogens with zero attached hydrogens (tertiary/aromatic N) is 7. The molecular formula is C10H7N7O2. The van der Waals surface area contributed by atoms with Gasteiger partial charge in [-0.15, -0.1) is 0 Å². The van der Waals surface area contributed by atoms with Crippen molar-refractivity contribution in [3.63, 3.8) is 0 Å². The molecule has 9 nitrogen and oxygen atoms in total. The maximum Gasteiger partial charge on any atom is 0.407 e. The summed E-state index contributed by atoms with van der Waals surface area (Å²) in [5.41, 5.74) is -0.149. The van der Waals surface area contributed by atoms with Gasteiger partial charge in [0, 0.05) is 14.0 Å². The van der Waals surface area contributed by atoms with Crippen molar-refractivity contribution in [2.45, 2.75) is 6.92 Å². The number of nitro groups is 1. The Morgan fingerprint density at radius 2 is 2.11 bits per heavy atom. The van der Waals surface area contributed by atoms with Crippen molar-refractivity contribution in [1.29, 1.82) is 10.5 Å². The molecule has 19 heavy (non-hydrogen) atoms. The minimum Gasteiger partial charge on any atom is -0.358 e. The highest BCUT2D eigenvalue weighted by Gasteiger charge is 2.27. The molecule has 0 aliphatic rings. The molecule has 0 saturated carbocycles. The number of hydrogen-bond donors (Lipinski definition) is 0. The topological polar surface area (TPSA) is 126 Å². The summed E-state index contributed by atoms with van der Waals surface area (Å²) < 4.78 is 2.65. The second-order valence-electron chi connectivity index (χ2n) is 3.66. The number of hydrogen-bond acceptors (Lipinski definition) is 6. The molecule has 0 atom stereocenters. The summed E-state index contributed by atoms with van der Waals surface area (Å²) in [7, 11) is 1.58. The molecule has 0 amide bonds. The third kappa shape index (κ3) is 1.70. The molecule has 0 aromatic carbocycles. The van der Waals surface area contributed by atoms with Crippen LogP contribution in [0.2, 0.25) is 0 Å². The molecule has 0 aliphatic carbocycles. The fourth-order valence-electron chi connectivity index (χ4n) is 1.67. The molecule has 0 radical (unpaired) electrons. The van der Waals surface area contributed by atoms with Gasteiger partial charge in [-0.3, -0.25) is 9.13 Å². The Balaban J connectivity index is 2.81. The van der Waals surface area contributed by atoms with Gasteiger partial charge in [0.1, 0.15) is 18.5 Å². The standard InChI is InChI=1S/C10H7N7O2/c1-6-14-9(17(18)19)10(15(6)2)16-5-13-7(3-11)8(16)4-12/h5H,1-2H3. The lowest BCUT2D eigenvalue weighted by Gasteiger charge is -2.03. The molecule has 2 aromatic rings. The molecule has 2 aromatic heterocycles. The van der Waals surface area contributed by atoms with Gasteiger partial charge in [0.2, 0.25) is 11.6 Å².